The first-order valence-electron chi connectivity index (χ1n) is 11.1. The molecule has 0 spiro atoms. The molecule has 11 heteroatoms. The number of ketones is 1. The van der Waals surface area contributed by atoms with Gasteiger partial charge >= 0.3 is 5.24 Å². The van der Waals surface area contributed by atoms with Crippen molar-refractivity contribution in [1.82, 2.24) is 9.80 Å². The Morgan fingerprint density at radius 3 is 2.49 bits per heavy atom. The van der Waals surface area contributed by atoms with Crippen molar-refractivity contribution in [2.24, 2.45) is 5.73 Å². The molecule has 0 bridgehead atoms. The summed E-state index contributed by atoms with van der Waals surface area (Å²) in [6.07, 6.45) is 0.763. The van der Waals surface area contributed by atoms with Gasteiger partial charge in [0.1, 0.15) is 6.04 Å². The monoisotopic (exact) mass is 515 g/mol. The first-order valence-corrected chi connectivity index (χ1v) is 13.7. The average Bonchev–Trinajstić information content (AvgIpc) is 3.43. The summed E-state index contributed by atoms with van der Waals surface area (Å²) in [5.74, 6) is 0.563. The predicted octanol–water partition coefficient (Wildman–Crippen LogP) is 1.86. The molecule has 2 atom stereocenters. The Morgan fingerprint density at radius 1 is 1.03 bits per heavy atom. The number of likely N-dealkylation sites (tertiary alicyclic amines) is 2. The lowest BCUT2D eigenvalue weighted by Crippen LogP contribution is -2.43. The molecule has 2 fully saturated rings. The van der Waals surface area contributed by atoms with Crippen LogP contribution in [0.4, 0.5) is 4.79 Å². The Balaban J connectivity index is 1.40. The van der Waals surface area contributed by atoms with E-state index in [4.69, 9.17) is 5.73 Å². The second-order valence-electron chi connectivity index (χ2n) is 8.43. The lowest BCUT2D eigenvalue weighted by Gasteiger charge is -2.24. The smallest absolute Gasteiger partial charge is 0.338 e. The highest BCUT2D eigenvalue weighted by Crippen LogP contribution is 2.32. The molecule has 2 aromatic carbocycles. The molecular formula is C24H25N3O6S2. The summed E-state index contributed by atoms with van der Waals surface area (Å²) in [7, 11) is -4.39. The van der Waals surface area contributed by atoms with E-state index in [9.17, 15) is 27.6 Å². The van der Waals surface area contributed by atoms with Gasteiger partial charge in [-0.3, -0.25) is 19.2 Å². The number of benzene rings is 2. The number of primary amides is 1. The van der Waals surface area contributed by atoms with Gasteiger partial charge in [-0.15, -0.1) is 0 Å². The Morgan fingerprint density at radius 2 is 1.77 bits per heavy atom. The number of Topliss-reactive ketones (excluding diaryl/α,β-unsaturated/α-hetero) is 1. The molecule has 35 heavy (non-hydrogen) atoms. The van der Waals surface area contributed by atoms with Gasteiger partial charge in [0.05, 0.1) is 17.5 Å². The van der Waals surface area contributed by atoms with Crippen molar-refractivity contribution in [3.8, 4) is 0 Å². The van der Waals surface area contributed by atoms with Gasteiger partial charge in [0.2, 0.25) is 5.91 Å². The second kappa shape index (κ2) is 10.2. The van der Waals surface area contributed by atoms with Gasteiger partial charge in [0, 0.05) is 30.0 Å². The molecule has 2 unspecified atom stereocenters. The van der Waals surface area contributed by atoms with Crippen LogP contribution in [0.25, 0.3) is 0 Å². The molecule has 2 heterocycles. The first kappa shape index (κ1) is 24.9. The van der Waals surface area contributed by atoms with E-state index in [2.05, 4.69) is 0 Å². The largest absolute Gasteiger partial charge is 0.356 e. The number of carbonyl (C=O) groups is 4. The molecule has 9 nitrogen and oxygen atoms in total. The van der Waals surface area contributed by atoms with E-state index in [0.717, 1.165) is 11.8 Å². The van der Waals surface area contributed by atoms with Gasteiger partial charge in [-0.1, -0.05) is 36.4 Å². The molecule has 2 aliphatic heterocycles. The summed E-state index contributed by atoms with van der Waals surface area (Å²) in [5.41, 5.74) is 6.16. The predicted molar refractivity (Wildman–Crippen MR) is 130 cm³/mol. The fourth-order valence-corrected chi connectivity index (χ4v) is 6.18. The Hall–Kier alpha value is -3.18. The summed E-state index contributed by atoms with van der Waals surface area (Å²) >= 11 is 1.65. The topological polar surface area (TPSA) is 135 Å². The number of nitrogens with zero attached hydrogens (tertiary/aromatic N) is 2. The highest BCUT2D eigenvalue weighted by Gasteiger charge is 2.51. The standard InChI is InChI=1S/C24H25N3O6S2/c25-24(31)35(32,33)18-8-4-7-17(13-18)23(30)27-14-20(28)22-19(27)9-11-26(22)21(29)10-12-34-15-16-5-2-1-3-6-16/h1-8,13,19,22H,9-12,14-15H2,(H2,25,31). The molecule has 2 N–H and O–H groups in total. The zero-order valence-corrected chi connectivity index (χ0v) is 20.5. The number of nitrogens with two attached hydrogens (primary N) is 1. The number of carbonyl (C=O) groups excluding carboxylic acids is 4. The van der Waals surface area contributed by atoms with Crippen LogP contribution in [-0.2, 0) is 25.2 Å². The average molecular weight is 516 g/mol. The van der Waals surface area contributed by atoms with Crippen LogP contribution in [-0.4, -0.2) is 72.0 Å². The maximum absolute atomic E-state index is 13.2. The lowest BCUT2D eigenvalue weighted by molar-refractivity contribution is -0.136. The Bertz CT molecular complexity index is 1270. The number of rotatable bonds is 7. The van der Waals surface area contributed by atoms with Crippen molar-refractivity contribution in [2.75, 3.05) is 18.8 Å². The molecule has 2 aliphatic rings. The van der Waals surface area contributed by atoms with Crippen LogP contribution in [0.5, 0.6) is 0 Å². The van der Waals surface area contributed by atoms with E-state index in [1.807, 2.05) is 30.3 Å². The number of thioether (sulfide) groups is 1. The van der Waals surface area contributed by atoms with Crippen molar-refractivity contribution in [2.45, 2.75) is 35.6 Å². The minimum atomic E-state index is -4.39. The molecule has 3 amide bonds. The highest BCUT2D eigenvalue weighted by atomic mass is 32.2. The number of sulfone groups is 1. The van der Waals surface area contributed by atoms with Crippen LogP contribution >= 0.6 is 11.8 Å². The number of hydrogen-bond donors (Lipinski definition) is 1. The molecular weight excluding hydrogens is 490 g/mol. The summed E-state index contributed by atoms with van der Waals surface area (Å²) in [6.45, 7) is 0.219. The van der Waals surface area contributed by atoms with E-state index >= 15 is 0 Å². The van der Waals surface area contributed by atoms with Crippen LogP contribution in [0.2, 0.25) is 0 Å². The molecule has 184 valence electrons. The van der Waals surface area contributed by atoms with E-state index in [0.29, 0.717) is 25.1 Å². The lowest BCUT2D eigenvalue weighted by atomic mass is 10.1. The molecule has 2 aromatic rings. The van der Waals surface area contributed by atoms with Gasteiger partial charge in [-0.25, -0.2) is 8.42 Å². The third kappa shape index (κ3) is 5.10. The second-order valence-corrected chi connectivity index (χ2v) is 11.4. The van der Waals surface area contributed by atoms with Crippen molar-refractivity contribution in [3.63, 3.8) is 0 Å². The van der Waals surface area contributed by atoms with Crippen LogP contribution in [0.3, 0.4) is 0 Å². The van der Waals surface area contributed by atoms with Crippen LogP contribution < -0.4 is 5.73 Å². The molecule has 0 aromatic heterocycles. The maximum Gasteiger partial charge on any atom is 0.338 e. The molecule has 4 rings (SSSR count). The third-order valence-corrected chi connectivity index (χ3v) is 8.67. The Labute approximate surface area is 207 Å². The highest BCUT2D eigenvalue weighted by molar-refractivity contribution is 8.06. The van der Waals surface area contributed by atoms with Gasteiger partial charge in [0.25, 0.3) is 15.7 Å². The summed E-state index contributed by atoms with van der Waals surface area (Å²) in [4.78, 5) is 52.7. The van der Waals surface area contributed by atoms with E-state index in [1.165, 1.54) is 28.7 Å². The normalized spacial score (nSPS) is 19.6. The fraction of sp³-hybridized carbons (Fsp3) is 0.333. The fourth-order valence-electron chi connectivity index (χ4n) is 4.52. The molecule has 0 saturated carbocycles. The van der Waals surface area contributed by atoms with Gasteiger partial charge < -0.3 is 15.5 Å². The van der Waals surface area contributed by atoms with Crippen molar-refractivity contribution >= 4 is 44.4 Å². The van der Waals surface area contributed by atoms with Crippen LogP contribution in [0, 0.1) is 0 Å². The van der Waals surface area contributed by atoms with Crippen molar-refractivity contribution in [3.05, 3.63) is 65.7 Å². The minimum Gasteiger partial charge on any atom is -0.356 e. The van der Waals surface area contributed by atoms with Crippen LogP contribution in [0.15, 0.2) is 59.5 Å². The minimum absolute atomic E-state index is 0.0304. The quantitative estimate of drug-likeness (QED) is 0.556. The number of fused-ring (bicyclic) bond motifs is 1. The molecule has 2 saturated heterocycles. The maximum atomic E-state index is 13.2. The van der Waals surface area contributed by atoms with Gasteiger partial charge in [0.15, 0.2) is 5.78 Å². The summed E-state index contributed by atoms with van der Waals surface area (Å²) in [5, 5.41) is -1.51. The Kier molecular flexibility index (Phi) is 7.27. The van der Waals surface area contributed by atoms with E-state index in [1.54, 1.807) is 16.7 Å². The zero-order valence-electron chi connectivity index (χ0n) is 18.8. The third-order valence-electron chi connectivity index (χ3n) is 6.23. The molecule has 0 aliphatic carbocycles. The summed E-state index contributed by atoms with van der Waals surface area (Å²) in [6, 6.07) is 13.8. The number of amides is 3. The number of hydrogen-bond acceptors (Lipinski definition) is 7. The van der Waals surface area contributed by atoms with E-state index < -0.39 is 33.1 Å². The van der Waals surface area contributed by atoms with Gasteiger partial charge in [-0.05, 0) is 30.2 Å². The van der Waals surface area contributed by atoms with Crippen molar-refractivity contribution in [1.29, 1.82) is 0 Å². The van der Waals surface area contributed by atoms with Crippen LogP contribution in [0.1, 0.15) is 28.8 Å². The van der Waals surface area contributed by atoms with Gasteiger partial charge in [-0.2, -0.15) is 11.8 Å². The summed E-state index contributed by atoms with van der Waals surface area (Å²) < 4.78 is 24.1. The zero-order chi connectivity index (χ0) is 25.2. The van der Waals surface area contributed by atoms with E-state index in [-0.39, 0.29) is 28.7 Å². The first-order chi connectivity index (χ1) is 16.7. The molecule has 0 radical (unpaired) electrons. The van der Waals surface area contributed by atoms with Crippen molar-refractivity contribution < 1.29 is 27.6 Å². The SMILES string of the molecule is NC(=O)S(=O)(=O)c1cccc(C(=O)N2CC(=O)C3C2CCN3C(=O)CCSCc2ccccc2)c1.